The van der Waals surface area contributed by atoms with Gasteiger partial charge >= 0.3 is 0 Å². The van der Waals surface area contributed by atoms with Crippen LogP contribution in [0, 0.1) is 0 Å². The van der Waals surface area contributed by atoms with Crippen molar-refractivity contribution in [1.29, 1.82) is 0 Å². The van der Waals surface area contributed by atoms with E-state index < -0.39 is 0 Å². The second kappa shape index (κ2) is 9.86. The Morgan fingerprint density at radius 1 is 1.17 bits per heavy atom. The molecular formula is C22H28N4O4. The predicted molar refractivity (Wildman–Crippen MR) is 112 cm³/mol. The van der Waals surface area contributed by atoms with Crippen molar-refractivity contribution in [2.45, 2.75) is 32.1 Å². The number of H-pyrrole nitrogens is 1. The van der Waals surface area contributed by atoms with Gasteiger partial charge in [0.15, 0.2) is 5.78 Å². The molecule has 0 saturated carbocycles. The lowest BCUT2D eigenvalue weighted by molar-refractivity contribution is 0.0847. The maximum Gasteiger partial charge on any atom is 0.258 e. The third-order valence-electron chi connectivity index (χ3n) is 5.58. The number of carbonyl (C=O) groups is 2. The molecule has 3 heterocycles. The van der Waals surface area contributed by atoms with Crippen LogP contribution in [0.25, 0.3) is 0 Å². The van der Waals surface area contributed by atoms with Gasteiger partial charge in [0.25, 0.3) is 5.91 Å². The number of aryl methyl sites for hydroxylation is 1. The number of ketones is 1. The van der Waals surface area contributed by atoms with Crippen molar-refractivity contribution in [2.75, 3.05) is 44.8 Å². The van der Waals surface area contributed by atoms with E-state index in [9.17, 15) is 9.59 Å². The molecule has 0 bridgehead atoms. The van der Waals surface area contributed by atoms with Crippen LogP contribution in [0.2, 0.25) is 0 Å². The number of aromatic amines is 1. The second-order valence-electron chi connectivity index (χ2n) is 7.67. The van der Waals surface area contributed by atoms with Gasteiger partial charge in [0, 0.05) is 37.1 Å². The molecule has 160 valence electrons. The largest absolute Gasteiger partial charge is 0.489 e. The number of nitrogens with one attached hydrogen (secondary N) is 2. The molecule has 2 aromatic rings. The summed E-state index contributed by atoms with van der Waals surface area (Å²) in [6.45, 7) is 4.83. The Kier molecular flexibility index (Phi) is 6.76. The number of aromatic nitrogens is 2. The molecule has 0 spiro atoms. The molecule has 2 aliphatic rings. The number of amides is 1. The van der Waals surface area contributed by atoms with Gasteiger partial charge in [-0.25, -0.2) is 0 Å². The van der Waals surface area contributed by atoms with E-state index in [4.69, 9.17) is 9.47 Å². The van der Waals surface area contributed by atoms with Crippen LogP contribution in [0.3, 0.4) is 0 Å². The Bertz CT molecular complexity index is 889. The molecule has 1 saturated heterocycles. The van der Waals surface area contributed by atoms with E-state index in [0.29, 0.717) is 48.8 Å². The Morgan fingerprint density at radius 3 is 2.90 bits per heavy atom. The maximum atomic E-state index is 12.8. The SMILES string of the molecule is O=C(Nc1cnccc1OCCOCCN1CCCC1)c1c[nH]c2c1C(=O)CCC2. The molecule has 1 fully saturated rings. The molecule has 0 unspecified atom stereocenters. The summed E-state index contributed by atoms with van der Waals surface area (Å²) < 4.78 is 11.5. The van der Waals surface area contributed by atoms with E-state index >= 15 is 0 Å². The monoisotopic (exact) mass is 412 g/mol. The van der Waals surface area contributed by atoms with Gasteiger partial charge in [-0.05, 0) is 38.8 Å². The van der Waals surface area contributed by atoms with E-state index in [0.717, 1.165) is 38.2 Å². The quantitative estimate of drug-likeness (QED) is 0.615. The van der Waals surface area contributed by atoms with Crippen LogP contribution in [0.4, 0.5) is 5.69 Å². The van der Waals surface area contributed by atoms with Gasteiger partial charge in [0.05, 0.1) is 30.5 Å². The van der Waals surface area contributed by atoms with Gasteiger partial charge in [-0.1, -0.05) is 0 Å². The van der Waals surface area contributed by atoms with Gasteiger partial charge in [0.2, 0.25) is 0 Å². The number of anilines is 1. The van der Waals surface area contributed by atoms with Crippen LogP contribution in [0.15, 0.2) is 24.7 Å². The smallest absolute Gasteiger partial charge is 0.258 e. The van der Waals surface area contributed by atoms with Gasteiger partial charge in [-0.2, -0.15) is 0 Å². The Labute approximate surface area is 176 Å². The summed E-state index contributed by atoms with van der Waals surface area (Å²) in [6, 6.07) is 1.71. The number of pyridine rings is 1. The van der Waals surface area contributed by atoms with Crippen LogP contribution in [0.1, 0.15) is 52.1 Å². The predicted octanol–water partition coefficient (Wildman–Crippen LogP) is 2.67. The third kappa shape index (κ3) is 4.88. The van der Waals surface area contributed by atoms with Gasteiger partial charge in [0.1, 0.15) is 18.0 Å². The lowest BCUT2D eigenvalue weighted by atomic mass is 9.93. The summed E-state index contributed by atoms with van der Waals surface area (Å²) >= 11 is 0. The van der Waals surface area contributed by atoms with Gasteiger partial charge in [-0.15, -0.1) is 0 Å². The van der Waals surface area contributed by atoms with E-state index in [2.05, 4.69) is 20.2 Å². The molecule has 0 aromatic carbocycles. The number of Topliss-reactive ketones (excluding diaryl/α,β-unsaturated/α-hetero) is 1. The van der Waals surface area contributed by atoms with E-state index in [1.165, 1.54) is 12.8 Å². The van der Waals surface area contributed by atoms with Crippen molar-refractivity contribution in [3.05, 3.63) is 41.5 Å². The van der Waals surface area contributed by atoms with Crippen molar-refractivity contribution in [3.8, 4) is 5.75 Å². The summed E-state index contributed by atoms with van der Waals surface area (Å²) in [5.74, 6) is 0.191. The van der Waals surface area contributed by atoms with E-state index in [1.807, 2.05) is 0 Å². The average Bonchev–Trinajstić information content (AvgIpc) is 3.42. The van der Waals surface area contributed by atoms with Crippen molar-refractivity contribution >= 4 is 17.4 Å². The molecule has 8 nitrogen and oxygen atoms in total. The molecule has 0 radical (unpaired) electrons. The van der Waals surface area contributed by atoms with E-state index in [1.54, 1.807) is 24.7 Å². The molecule has 1 aliphatic carbocycles. The Morgan fingerprint density at radius 2 is 2.03 bits per heavy atom. The molecule has 1 amide bonds. The second-order valence-corrected chi connectivity index (χ2v) is 7.67. The van der Waals surface area contributed by atoms with Crippen molar-refractivity contribution in [3.63, 3.8) is 0 Å². The molecule has 2 N–H and O–H groups in total. The summed E-state index contributed by atoms with van der Waals surface area (Å²) in [7, 11) is 0. The van der Waals surface area contributed by atoms with E-state index in [-0.39, 0.29) is 11.7 Å². The highest BCUT2D eigenvalue weighted by molar-refractivity contribution is 6.13. The maximum absolute atomic E-state index is 12.8. The third-order valence-corrected chi connectivity index (χ3v) is 5.58. The summed E-state index contributed by atoms with van der Waals surface area (Å²) in [5, 5.41) is 2.83. The zero-order valence-electron chi connectivity index (χ0n) is 17.1. The average molecular weight is 412 g/mol. The fourth-order valence-electron chi connectivity index (χ4n) is 4.02. The number of carbonyl (C=O) groups excluding carboxylic acids is 2. The minimum absolute atomic E-state index is 0.0105. The lowest BCUT2D eigenvalue weighted by Gasteiger charge is -2.15. The van der Waals surface area contributed by atoms with Crippen LogP contribution >= 0.6 is 0 Å². The minimum Gasteiger partial charge on any atom is -0.489 e. The number of hydrogen-bond donors (Lipinski definition) is 2. The highest BCUT2D eigenvalue weighted by atomic mass is 16.5. The van der Waals surface area contributed by atoms with Crippen LogP contribution < -0.4 is 10.1 Å². The highest BCUT2D eigenvalue weighted by Crippen LogP contribution is 2.27. The highest BCUT2D eigenvalue weighted by Gasteiger charge is 2.26. The normalized spacial score (nSPS) is 16.5. The number of ether oxygens (including phenoxy) is 2. The number of likely N-dealkylation sites (tertiary alicyclic amines) is 1. The number of rotatable bonds is 9. The zero-order chi connectivity index (χ0) is 20.8. The molecule has 0 atom stereocenters. The minimum atomic E-state index is -0.345. The molecule has 8 heteroatoms. The van der Waals surface area contributed by atoms with Gasteiger partial charge < -0.3 is 24.7 Å². The molecule has 1 aliphatic heterocycles. The number of nitrogens with zero attached hydrogens (tertiary/aromatic N) is 2. The Balaban J connectivity index is 1.29. The first-order valence-electron chi connectivity index (χ1n) is 10.6. The van der Waals surface area contributed by atoms with Crippen LogP contribution in [0.5, 0.6) is 5.75 Å². The first-order chi connectivity index (χ1) is 14.7. The molecular weight excluding hydrogens is 384 g/mol. The number of fused-ring (bicyclic) bond motifs is 1. The van der Waals surface area contributed by atoms with Crippen LogP contribution in [-0.4, -0.2) is 66.0 Å². The Hall–Kier alpha value is -2.71. The molecule has 2 aromatic heterocycles. The van der Waals surface area contributed by atoms with Crippen molar-refractivity contribution < 1.29 is 19.1 Å². The summed E-state index contributed by atoms with van der Waals surface area (Å²) in [4.78, 5) is 34.6. The van der Waals surface area contributed by atoms with Crippen LogP contribution in [-0.2, 0) is 11.2 Å². The van der Waals surface area contributed by atoms with Crippen molar-refractivity contribution in [2.24, 2.45) is 0 Å². The molecule has 30 heavy (non-hydrogen) atoms. The first-order valence-corrected chi connectivity index (χ1v) is 10.6. The zero-order valence-corrected chi connectivity index (χ0v) is 17.1. The fraction of sp³-hybridized carbons (Fsp3) is 0.500. The first kappa shape index (κ1) is 20.6. The molecule has 4 rings (SSSR count). The fourth-order valence-corrected chi connectivity index (χ4v) is 4.02. The van der Waals surface area contributed by atoms with Gasteiger partial charge in [-0.3, -0.25) is 14.6 Å². The number of hydrogen-bond acceptors (Lipinski definition) is 6. The topological polar surface area (TPSA) is 96.6 Å². The lowest BCUT2D eigenvalue weighted by Crippen LogP contribution is -2.24. The standard InChI is InChI=1S/C22H28N4O4/c27-19-5-3-4-17-21(19)16(14-24-17)22(28)25-18-15-23-7-6-20(18)30-13-12-29-11-10-26-8-1-2-9-26/h6-7,14-15,24H,1-5,8-13H2,(H,25,28). The summed E-state index contributed by atoms with van der Waals surface area (Å²) in [6.07, 6.45) is 9.39. The van der Waals surface area contributed by atoms with Crippen molar-refractivity contribution in [1.82, 2.24) is 14.9 Å². The summed E-state index contributed by atoms with van der Waals surface area (Å²) in [5.41, 5.74) is 2.19.